The van der Waals surface area contributed by atoms with E-state index in [1.165, 1.54) is 6.20 Å². The zero-order chi connectivity index (χ0) is 19.6. The highest BCUT2D eigenvalue weighted by molar-refractivity contribution is 5.93. The molecule has 0 unspecified atom stereocenters. The number of nitrogens with two attached hydrogens (primary N) is 2. The number of benzene rings is 1. The molecule has 0 radical (unpaired) electrons. The van der Waals surface area contributed by atoms with Gasteiger partial charge in [-0.15, -0.1) is 0 Å². The monoisotopic (exact) mass is 365 g/mol. The maximum atomic E-state index is 11.1. The second-order valence-corrected chi connectivity index (χ2v) is 5.60. The van der Waals surface area contributed by atoms with Crippen LogP contribution in [0.25, 0.3) is 5.57 Å². The van der Waals surface area contributed by atoms with Gasteiger partial charge in [0.05, 0.1) is 12.3 Å². The largest absolute Gasteiger partial charge is 0.494 e. The van der Waals surface area contributed by atoms with Crippen LogP contribution in [0, 0.1) is 0 Å². The smallest absolute Gasteiger partial charge is 0.248 e. The van der Waals surface area contributed by atoms with E-state index < -0.39 is 5.91 Å². The van der Waals surface area contributed by atoms with E-state index in [2.05, 4.69) is 21.9 Å². The molecular weight excluding hydrogens is 342 g/mol. The number of amides is 1. The first-order valence-corrected chi connectivity index (χ1v) is 8.45. The van der Waals surface area contributed by atoms with Crippen molar-refractivity contribution in [3.05, 3.63) is 78.5 Å². The lowest BCUT2D eigenvalue weighted by molar-refractivity contribution is 0.100. The predicted octanol–water partition coefficient (Wildman–Crippen LogP) is 3.12. The first-order chi connectivity index (χ1) is 13.0. The summed E-state index contributed by atoms with van der Waals surface area (Å²) in [7, 11) is 0. The van der Waals surface area contributed by atoms with E-state index >= 15 is 0 Å². The highest BCUT2D eigenvalue weighted by Crippen LogP contribution is 2.18. The van der Waals surface area contributed by atoms with E-state index in [1.54, 1.807) is 48.7 Å². The Kier molecular flexibility index (Phi) is 7.13. The third kappa shape index (κ3) is 6.00. The molecule has 5 N–H and O–H groups in total. The van der Waals surface area contributed by atoms with E-state index in [0.717, 1.165) is 12.1 Å². The summed E-state index contributed by atoms with van der Waals surface area (Å²) in [5.74, 6) is 0.472. The van der Waals surface area contributed by atoms with Crippen molar-refractivity contribution < 1.29 is 9.53 Å². The quantitative estimate of drug-likeness (QED) is 0.464. The van der Waals surface area contributed by atoms with Crippen molar-refractivity contribution in [2.45, 2.75) is 13.3 Å². The van der Waals surface area contributed by atoms with Crippen molar-refractivity contribution in [2.75, 3.05) is 11.9 Å². The van der Waals surface area contributed by atoms with Gasteiger partial charge in [-0.2, -0.15) is 0 Å². The zero-order valence-corrected chi connectivity index (χ0v) is 15.2. The van der Waals surface area contributed by atoms with Gasteiger partial charge in [0.15, 0.2) is 0 Å². The minimum atomic E-state index is -0.478. The molecule has 2 aromatic rings. The van der Waals surface area contributed by atoms with E-state index in [-0.39, 0.29) is 0 Å². The van der Waals surface area contributed by atoms with E-state index in [0.29, 0.717) is 35.1 Å². The fourth-order valence-electron chi connectivity index (χ4n) is 2.12. The second-order valence-electron chi connectivity index (χ2n) is 5.60. The Bertz CT molecular complexity index is 857. The van der Waals surface area contributed by atoms with Crippen LogP contribution in [0.1, 0.15) is 29.4 Å². The average molecular weight is 365 g/mol. The van der Waals surface area contributed by atoms with Crippen LogP contribution in [0.2, 0.25) is 0 Å². The predicted molar refractivity (Wildman–Crippen MR) is 107 cm³/mol. The molecule has 7 heteroatoms. The molecule has 0 atom stereocenters. The van der Waals surface area contributed by atoms with E-state index in [9.17, 15) is 4.79 Å². The standard InChI is InChI=1S/C20H23N5O2/c1-3-12-27-14(2)4-5-16(13-21)18-10-11-23-20(25-18)24-17-8-6-15(7-9-17)19(22)26/h4-11,13H,2-3,12,21H2,1H3,(H2,22,26)(H,23,24,25)/b5-4-,16-13+. The Balaban J connectivity index is 2.12. The SMILES string of the molecule is C=C(/C=C\C(=C/N)c1ccnc(Nc2ccc(C(N)=O)cc2)n1)OCCC. The van der Waals surface area contributed by atoms with Crippen molar-refractivity contribution in [1.82, 2.24) is 9.97 Å². The molecule has 1 aromatic heterocycles. The number of aromatic nitrogens is 2. The summed E-state index contributed by atoms with van der Waals surface area (Å²) in [6.45, 7) is 6.47. The number of primary amides is 1. The number of carbonyl (C=O) groups excluding carboxylic acids is 1. The van der Waals surface area contributed by atoms with Crippen LogP contribution < -0.4 is 16.8 Å². The second kappa shape index (κ2) is 9.76. The summed E-state index contributed by atoms with van der Waals surface area (Å²) in [5, 5.41) is 3.07. The number of hydrogen-bond donors (Lipinski definition) is 3. The Labute approximate surface area is 158 Å². The van der Waals surface area contributed by atoms with Crippen molar-refractivity contribution >= 4 is 23.1 Å². The number of ether oxygens (including phenoxy) is 1. The molecule has 0 fully saturated rings. The van der Waals surface area contributed by atoms with Gasteiger partial charge in [-0.1, -0.05) is 13.5 Å². The molecule has 2 rings (SSSR count). The lowest BCUT2D eigenvalue weighted by Crippen LogP contribution is -2.10. The summed E-state index contributed by atoms with van der Waals surface area (Å²) in [6, 6.07) is 8.46. The van der Waals surface area contributed by atoms with Gasteiger partial charge in [0, 0.05) is 29.2 Å². The van der Waals surface area contributed by atoms with Crippen LogP contribution >= 0.6 is 0 Å². The lowest BCUT2D eigenvalue weighted by Gasteiger charge is -2.08. The maximum Gasteiger partial charge on any atom is 0.248 e. The normalized spacial score (nSPS) is 11.4. The molecule has 1 amide bonds. The highest BCUT2D eigenvalue weighted by atomic mass is 16.5. The molecular formula is C20H23N5O2. The van der Waals surface area contributed by atoms with Crippen molar-refractivity contribution in [3.63, 3.8) is 0 Å². The maximum absolute atomic E-state index is 11.1. The molecule has 140 valence electrons. The number of anilines is 2. The fourth-order valence-corrected chi connectivity index (χ4v) is 2.12. The summed E-state index contributed by atoms with van der Waals surface area (Å²) >= 11 is 0. The molecule has 1 aromatic carbocycles. The minimum absolute atomic E-state index is 0.396. The van der Waals surface area contributed by atoms with Crippen molar-refractivity contribution in [1.29, 1.82) is 0 Å². The number of nitrogens with zero attached hydrogens (tertiary/aromatic N) is 2. The van der Waals surface area contributed by atoms with Crippen LogP contribution in [-0.4, -0.2) is 22.5 Å². The third-order valence-electron chi connectivity index (χ3n) is 3.50. The van der Waals surface area contributed by atoms with Gasteiger partial charge < -0.3 is 21.5 Å². The van der Waals surface area contributed by atoms with Gasteiger partial charge in [0.2, 0.25) is 11.9 Å². The van der Waals surface area contributed by atoms with Crippen LogP contribution in [0.15, 0.2) is 67.2 Å². The molecule has 0 saturated carbocycles. The van der Waals surface area contributed by atoms with Crippen LogP contribution in [-0.2, 0) is 4.74 Å². The summed E-state index contributed by atoms with van der Waals surface area (Å²) < 4.78 is 5.42. The molecule has 0 aliphatic heterocycles. The van der Waals surface area contributed by atoms with Crippen LogP contribution in [0.3, 0.4) is 0 Å². The molecule has 0 aliphatic rings. The lowest BCUT2D eigenvalue weighted by atomic mass is 10.2. The Morgan fingerprint density at radius 1 is 1.26 bits per heavy atom. The Morgan fingerprint density at radius 2 is 2.00 bits per heavy atom. The average Bonchev–Trinajstić information content (AvgIpc) is 2.67. The van der Waals surface area contributed by atoms with Crippen LogP contribution in [0.4, 0.5) is 11.6 Å². The highest BCUT2D eigenvalue weighted by Gasteiger charge is 2.05. The molecule has 0 spiro atoms. The van der Waals surface area contributed by atoms with Gasteiger partial charge in [-0.05, 0) is 48.9 Å². The first kappa shape index (κ1) is 19.7. The topological polar surface area (TPSA) is 116 Å². The summed E-state index contributed by atoms with van der Waals surface area (Å²) in [5.41, 5.74) is 13.5. The van der Waals surface area contributed by atoms with Gasteiger partial charge in [0.1, 0.15) is 5.76 Å². The molecule has 27 heavy (non-hydrogen) atoms. The third-order valence-corrected chi connectivity index (χ3v) is 3.50. The van der Waals surface area contributed by atoms with Crippen LogP contribution in [0.5, 0.6) is 0 Å². The van der Waals surface area contributed by atoms with Gasteiger partial charge >= 0.3 is 0 Å². The molecule has 7 nitrogen and oxygen atoms in total. The fraction of sp³-hybridized carbons (Fsp3) is 0.150. The number of nitrogens with one attached hydrogen (secondary N) is 1. The van der Waals surface area contributed by atoms with E-state index in [4.69, 9.17) is 16.2 Å². The molecule has 0 bridgehead atoms. The number of allylic oxidation sites excluding steroid dienone is 3. The van der Waals surface area contributed by atoms with Crippen molar-refractivity contribution in [2.24, 2.45) is 11.5 Å². The summed E-state index contributed by atoms with van der Waals surface area (Å²) in [4.78, 5) is 19.8. The number of carbonyl (C=O) groups is 1. The first-order valence-electron chi connectivity index (χ1n) is 8.45. The van der Waals surface area contributed by atoms with E-state index in [1.807, 2.05) is 6.92 Å². The van der Waals surface area contributed by atoms with Gasteiger partial charge in [-0.3, -0.25) is 4.79 Å². The Morgan fingerprint density at radius 3 is 2.63 bits per heavy atom. The van der Waals surface area contributed by atoms with Crippen molar-refractivity contribution in [3.8, 4) is 0 Å². The molecule has 0 aliphatic carbocycles. The zero-order valence-electron chi connectivity index (χ0n) is 15.2. The molecule has 0 saturated heterocycles. The number of hydrogen-bond acceptors (Lipinski definition) is 6. The summed E-state index contributed by atoms with van der Waals surface area (Å²) in [6.07, 6.45) is 7.52. The number of rotatable bonds is 9. The van der Waals surface area contributed by atoms with Gasteiger partial charge in [-0.25, -0.2) is 9.97 Å². The minimum Gasteiger partial charge on any atom is -0.494 e. The van der Waals surface area contributed by atoms with Gasteiger partial charge in [0.25, 0.3) is 0 Å². The Hall–Kier alpha value is -3.61. The molecule has 1 heterocycles.